The van der Waals surface area contributed by atoms with Gasteiger partial charge in [-0.1, -0.05) is 29.3 Å². The lowest BCUT2D eigenvalue weighted by Crippen LogP contribution is -2.41. The lowest BCUT2D eigenvalue weighted by molar-refractivity contribution is -0.377. The van der Waals surface area contributed by atoms with Crippen molar-refractivity contribution in [3.05, 3.63) is 81.6 Å². The molecule has 47 heavy (non-hydrogen) atoms. The molecule has 2 aromatic carbocycles. The second kappa shape index (κ2) is 14.7. The van der Waals surface area contributed by atoms with E-state index in [9.17, 15) is 26.8 Å². The average molecular weight is 714 g/mol. The fraction of sp³-hybridized carbons (Fsp3) is 0.406. The Bertz CT molecular complexity index is 1700. The van der Waals surface area contributed by atoms with E-state index in [4.69, 9.17) is 32.7 Å². The summed E-state index contributed by atoms with van der Waals surface area (Å²) >= 11 is 12.9. The quantitative estimate of drug-likeness (QED) is 0.213. The van der Waals surface area contributed by atoms with Crippen LogP contribution in [0.1, 0.15) is 53.3 Å². The van der Waals surface area contributed by atoms with Crippen molar-refractivity contribution in [1.82, 2.24) is 9.21 Å². The molecule has 3 aromatic rings. The van der Waals surface area contributed by atoms with Crippen LogP contribution in [0.25, 0.3) is 0 Å². The SMILES string of the molecule is CN(C)C(=O)c1ccc(S(=O)(=O)N2CCC[C@H]2C(=O)O[C@@H](Cc2c(Cl)c[nH+]cc2Cl)c2ccc(OC(F)F)c(OCC3CC3)c2)cc1. The third kappa shape index (κ3) is 8.32. The van der Waals surface area contributed by atoms with Gasteiger partial charge < -0.3 is 19.1 Å². The van der Waals surface area contributed by atoms with Gasteiger partial charge in [0.15, 0.2) is 23.9 Å². The zero-order valence-corrected chi connectivity index (χ0v) is 28.0. The summed E-state index contributed by atoms with van der Waals surface area (Å²) in [6.45, 7) is -2.70. The highest BCUT2D eigenvalue weighted by molar-refractivity contribution is 7.89. The van der Waals surface area contributed by atoms with E-state index in [0.717, 1.165) is 17.1 Å². The molecule has 0 radical (unpaired) electrons. The first-order valence-corrected chi connectivity index (χ1v) is 17.1. The maximum atomic E-state index is 13.8. The van der Waals surface area contributed by atoms with Gasteiger partial charge in [0, 0.05) is 38.2 Å². The van der Waals surface area contributed by atoms with Crippen LogP contribution >= 0.6 is 23.2 Å². The predicted molar refractivity (Wildman–Crippen MR) is 168 cm³/mol. The molecule has 2 fully saturated rings. The molecule has 15 heteroatoms. The molecule has 0 bridgehead atoms. The van der Waals surface area contributed by atoms with Crippen LogP contribution in [-0.4, -0.2) is 69.4 Å². The molecule has 252 valence electrons. The van der Waals surface area contributed by atoms with Crippen molar-refractivity contribution < 1.29 is 46.0 Å². The molecule has 2 heterocycles. The third-order valence-electron chi connectivity index (χ3n) is 7.96. The molecular weight excluding hydrogens is 679 g/mol. The van der Waals surface area contributed by atoms with Gasteiger partial charge in [0.25, 0.3) is 5.91 Å². The van der Waals surface area contributed by atoms with Crippen LogP contribution in [0.2, 0.25) is 10.0 Å². The number of hydrogen-bond donors (Lipinski definition) is 0. The largest absolute Gasteiger partial charge is 0.489 e. The Morgan fingerprint density at radius 1 is 1.02 bits per heavy atom. The first-order valence-electron chi connectivity index (χ1n) is 14.9. The molecule has 2 aliphatic rings. The van der Waals surface area contributed by atoms with Gasteiger partial charge in [0.2, 0.25) is 10.0 Å². The van der Waals surface area contributed by atoms with Crippen LogP contribution < -0.4 is 14.5 Å². The number of halogens is 4. The van der Waals surface area contributed by atoms with Crippen molar-refractivity contribution >= 4 is 45.1 Å². The highest BCUT2D eigenvalue weighted by Crippen LogP contribution is 2.38. The summed E-state index contributed by atoms with van der Waals surface area (Å²) in [5, 5.41) is 0.533. The van der Waals surface area contributed by atoms with Crippen LogP contribution in [-0.2, 0) is 26.0 Å². The van der Waals surface area contributed by atoms with Gasteiger partial charge in [-0.2, -0.15) is 13.1 Å². The van der Waals surface area contributed by atoms with Crippen LogP contribution in [0.4, 0.5) is 8.78 Å². The molecule has 1 aromatic heterocycles. The standard InChI is InChI=1S/C32H33Cl2F2N3O7S/c1-38(2)30(40)20-7-10-22(11-8-20)47(42,43)39-13-3-4-26(39)31(41)45-28(15-23-24(33)16-37-17-25(23)34)21-9-12-27(46-32(35)36)29(14-21)44-18-19-5-6-19/h7-12,14,16-17,19,26,28,32H,3-6,13,15,18H2,1-2H3/p+1/t26-,28-/m0/s1. The predicted octanol–water partition coefficient (Wildman–Crippen LogP) is 5.58. The zero-order chi connectivity index (χ0) is 33.9. The number of hydrogen-bond acceptors (Lipinski definition) is 7. The number of aromatic nitrogens is 1. The van der Waals surface area contributed by atoms with Crippen LogP contribution in [0.3, 0.4) is 0 Å². The summed E-state index contributed by atoms with van der Waals surface area (Å²) < 4.78 is 71.4. The molecule has 0 unspecified atom stereocenters. The van der Waals surface area contributed by atoms with Crippen molar-refractivity contribution in [2.24, 2.45) is 5.92 Å². The molecule has 0 spiro atoms. The van der Waals surface area contributed by atoms with E-state index in [1.807, 2.05) is 0 Å². The van der Waals surface area contributed by atoms with Crippen LogP contribution in [0.15, 0.2) is 59.8 Å². The number of carbonyl (C=O) groups is 2. The molecule has 2 atom stereocenters. The Hall–Kier alpha value is -3.52. The summed E-state index contributed by atoms with van der Waals surface area (Å²) in [6.07, 6.45) is 4.48. The molecule has 1 aliphatic heterocycles. The lowest BCUT2D eigenvalue weighted by Gasteiger charge is -2.26. The number of nitrogens with zero attached hydrogens (tertiary/aromatic N) is 2. The van der Waals surface area contributed by atoms with Gasteiger partial charge in [-0.15, -0.1) is 0 Å². The van der Waals surface area contributed by atoms with Gasteiger partial charge in [-0.3, -0.25) is 9.59 Å². The summed E-state index contributed by atoms with van der Waals surface area (Å²) in [5.74, 6) is -0.903. The first-order chi connectivity index (χ1) is 22.3. The molecule has 10 nitrogen and oxygen atoms in total. The first kappa shape index (κ1) is 34.8. The lowest BCUT2D eigenvalue weighted by atomic mass is 10.0. The topological polar surface area (TPSA) is 117 Å². The number of alkyl halides is 2. The van der Waals surface area contributed by atoms with Gasteiger partial charge in [0.05, 0.1) is 11.5 Å². The van der Waals surface area contributed by atoms with Gasteiger partial charge in [-0.05, 0) is 73.6 Å². The Kier molecular flexibility index (Phi) is 10.9. The Labute approximate surface area is 281 Å². The summed E-state index contributed by atoms with van der Waals surface area (Å²) in [4.78, 5) is 30.2. The fourth-order valence-electron chi connectivity index (χ4n) is 5.25. The van der Waals surface area contributed by atoms with E-state index >= 15 is 0 Å². The van der Waals surface area contributed by atoms with Crippen molar-refractivity contribution in [2.75, 3.05) is 27.2 Å². The molecule has 1 N–H and O–H groups in total. The van der Waals surface area contributed by atoms with Crippen molar-refractivity contribution in [2.45, 2.75) is 55.8 Å². The summed E-state index contributed by atoms with van der Waals surface area (Å²) in [5.41, 5.74) is 1.14. The third-order valence-corrected chi connectivity index (χ3v) is 10.6. The molecule has 5 rings (SSSR count). The number of benzene rings is 2. The smallest absolute Gasteiger partial charge is 0.387 e. The molecule has 1 aliphatic carbocycles. The van der Waals surface area contributed by atoms with E-state index in [1.54, 1.807) is 14.1 Å². The van der Waals surface area contributed by atoms with Gasteiger partial charge >= 0.3 is 12.6 Å². The number of aromatic amines is 1. The highest BCUT2D eigenvalue weighted by atomic mass is 35.5. The van der Waals surface area contributed by atoms with Crippen LogP contribution in [0, 0.1) is 5.92 Å². The number of ether oxygens (including phenoxy) is 3. The summed E-state index contributed by atoms with van der Waals surface area (Å²) in [7, 11) is -0.969. The van der Waals surface area contributed by atoms with E-state index < -0.39 is 34.7 Å². The molecule has 1 amide bonds. The average Bonchev–Trinajstić information content (AvgIpc) is 3.72. The fourth-order valence-corrected chi connectivity index (χ4v) is 7.43. The maximum absolute atomic E-state index is 13.8. The zero-order valence-electron chi connectivity index (χ0n) is 25.6. The van der Waals surface area contributed by atoms with Gasteiger partial charge in [0.1, 0.15) is 22.2 Å². The number of nitrogens with one attached hydrogen (secondary N) is 1. The van der Waals surface area contributed by atoms with E-state index in [1.165, 1.54) is 59.8 Å². The second-order valence-electron chi connectivity index (χ2n) is 11.6. The van der Waals surface area contributed by atoms with Crippen molar-refractivity contribution in [1.29, 1.82) is 0 Å². The molecule has 1 saturated carbocycles. The number of pyridine rings is 1. The van der Waals surface area contributed by atoms with E-state index in [2.05, 4.69) is 9.72 Å². The minimum Gasteiger partial charge on any atom is -0.489 e. The highest BCUT2D eigenvalue weighted by Gasteiger charge is 2.41. The Morgan fingerprint density at radius 3 is 2.32 bits per heavy atom. The minimum atomic E-state index is -4.15. The van der Waals surface area contributed by atoms with E-state index in [0.29, 0.717) is 35.6 Å². The Morgan fingerprint density at radius 2 is 1.70 bits per heavy atom. The maximum Gasteiger partial charge on any atom is 0.387 e. The van der Waals surface area contributed by atoms with Crippen LogP contribution in [0.5, 0.6) is 11.5 Å². The van der Waals surface area contributed by atoms with E-state index in [-0.39, 0.29) is 51.7 Å². The minimum absolute atomic E-state index is 0.0178. The number of H-pyrrole nitrogens is 1. The number of esters is 1. The summed E-state index contributed by atoms with van der Waals surface area (Å²) in [6, 6.07) is 8.60. The number of amides is 1. The monoisotopic (exact) mass is 712 g/mol. The Balaban J connectivity index is 1.44. The molecular formula is C32H34Cl2F2N3O7S+. The number of sulfonamides is 1. The van der Waals surface area contributed by atoms with Crippen molar-refractivity contribution in [3.8, 4) is 11.5 Å². The number of rotatable bonds is 13. The number of carbonyl (C=O) groups excluding carboxylic acids is 2. The van der Waals surface area contributed by atoms with Gasteiger partial charge in [-0.25, -0.2) is 13.4 Å². The normalized spacial score (nSPS) is 17.4. The van der Waals surface area contributed by atoms with Crippen molar-refractivity contribution in [3.63, 3.8) is 0 Å². The second-order valence-corrected chi connectivity index (χ2v) is 14.3. The molecule has 1 saturated heterocycles.